The lowest BCUT2D eigenvalue weighted by molar-refractivity contribution is 0.551. The highest BCUT2D eigenvalue weighted by atomic mass is 35.5. The largest absolute Gasteiger partial charge is 0.313 e. The van der Waals surface area contributed by atoms with Gasteiger partial charge in [-0.3, -0.25) is 0 Å². The Morgan fingerprint density at radius 3 is 2.75 bits per heavy atom. The van der Waals surface area contributed by atoms with Crippen LogP contribution >= 0.6 is 23.4 Å². The molecule has 0 saturated heterocycles. The topological polar surface area (TPSA) is 12.0 Å². The monoisotopic (exact) mass is 255 g/mol. The third kappa shape index (κ3) is 3.16. The van der Waals surface area contributed by atoms with Gasteiger partial charge in [-0.05, 0) is 43.7 Å². The normalized spacial score (nSPS) is 24.9. The van der Waals surface area contributed by atoms with E-state index in [0.717, 1.165) is 16.8 Å². The van der Waals surface area contributed by atoms with Gasteiger partial charge in [-0.2, -0.15) is 0 Å². The van der Waals surface area contributed by atoms with Crippen molar-refractivity contribution in [2.75, 3.05) is 6.54 Å². The van der Waals surface area contributed by atoms with Gasteiger partial charge >= 0.3 is 0 Å². The number of halogens is 1. The molecule has 1 nitrogen and oxygen atoms in total. The van der Waals surface area contributed by atoms with Crippen molar-refractivity contribution in [3.63, 3.8) is 0 Å². The van der Waals surface area contributed by atoms with E-state index in [0.29, 0.717) is 6.04 Å². The molecular weight excluding hydrogens is 238 g/mol. The second kappa shape index (κ2) is 5.95. The first kappa shape index (κ1) is 12.3. The molecule has 1 aromatic rings. The van der Waals surface area contributed by atoms with Crippen LogP contribution in [0.25, 0.3) is 0 Å². The average Bonchev–Trinajstić information content (AvgIpc) is 2.70. The summed E-state index contributed by atoms with van der Waals surface area (Å²) in [5.74, 6) is 0. The Morgan fingerprint density at radius 2 is 2.06 bits per heavy atom. The molecule has 1 N–H and O–H groups in total. The molecule has 0 heterocycles. The second-order valence-corrected chi connectivity index (χ2v) is 5.95. The molecule has 0 radical (unpaired) electrons. The van der Waals surface area contributed by atoms with Crippen LogP contribution in [0.4, 0.5) is 0 Å². The van der Waals surface area contributed by atoms with E-state index in [9.17, 15) is 0 Å². The van der Waals surface area contributed by atoms with Crippen molar-refractivity contribution in [3.8, 4) is 0 Å². The van der Waals surface area contributed by atoms with Crippen LogP contribution in [0, 0.1) is 0 Å². The molecule has 1 aromatic carbocycles. The van der Waals surface area contributed by atoms with Crippen molar-refractivity contribution < 1.29 is 0 Å². The summed E-state index contributed by atoms with van der Waals surface area (Å²) >= 11 is 7.87. The summed E-state index contributed by atoms with van der Waals surface area (Å²) in [6, 6.07) is 8.87. The van der Waals surface area contributed by atoms with Gasteiger partial charge in [0.2, 0.25) is 0 Å². The van der Waals surface area contributed by atoms with Gasteiger partial charge in [0, 0.05) is 21.2 Å². The minimum Gasteiger partial charge on any atom is -0.313 e. The van der Waals surface area contributed by atoms with E-state index in [2.05, 4.69) is 24.4 Å². The number of thioether (sulfide) groups is 1. The average molecular weight is 256 g/mol. The first-order valence-electron chi connectivity index (χ1n) is 5.95. The van der Waals surface area contributed by atoms with Crippen LogP contribution in [0.3, 0.4) is 0 Å². The fourth-order valence-corrected chi connectivity index (χ4v) is 3.70. The van der Waals surface area contributed by atoms with Gasteiger partial charge in [-0.1, -0.05) is 24.9 Å². The maximum absolute atomic E-state index is 5.89. The summed E-state index contributed by atoms with van der Waals surface area (Å²) in [5, 5.41) is 5.12. The molecule has 88 valence electrons. The number of hydrogen-bond donors (Lipinski definition) is 1. The lowest BCUT2D eigenvalue weighted by Gasteiger charge is -2.19. The molecule has 1 aliphatic rings. The third-order valence-electron chi connectivity index (χ3n) is 3.02. The Labute approximate surface area is 107 Å². The van der Waals surface area contributed by atoms with E-state index in [-0.39, 0.29) is 0 Å². The third-order valence-corrected chi connectivity index (χ3v) is 4.68. The highest BCUT2D eigenvalue weighted by Crippen LogP contribution is 2.35. The van der Waals surface area contributed by atoms with Crippen molar-refractivity contribution in [2.24, 2.45) is 0 Å². The van der Waals surface area contributed by atoms with Crippen LogP contribution in [0.5, 0.6) is 0 Å². The van der Waals surface area contributed by atoms with E-state index < -0.39 is 0 Å². The SMILES string of the molecule is CCNC1CCCC1Sc1ccc(Cl)cc1. The van der Waals surface area contributed by atoms with Crippen LogP contribution in [0.2, 0.25) is 5.02 Å². The first-order valence-corrected chi connectivity index (χ1v) is 7.21. The number of rotatable bonds is 4. The lowest BCUT2D eigenvalue weighted by Crippen LogP contribution is -2.33. The highest BCUT2D eigenvalue weighted by Gasteiger charge is 2.26. The Balaban J connectivity index is 1.95. The summed E-state index contributed by atoms with van der Waals surface area (Å²) < 4.78 is 0. The number of nitrogens with one attached hydrogen (secondary N) is 1. The maximum Gasteiger partial charge on any atom is 0.0406 e. The van der Waals surface area contributed by atoms with Gasteiger partial charge in [0.25, 0.3) is 0 Å². The van der Waals surface area contributed by atoms with Crippen LogP contribution in [0.1, 0.15) is 26.2 Å². The summed E-state index contributed by atoms with van der Waals surface area (Å²) in [7, 11) is 0. The predicted molar refractivity (Wildman–Crippen MR) is 72.4 cm³/mol. The Kier molecular flexibility index (Phi) is 4.56. The van der Waals surface area contributed by atoms with Gasteiger partial charge in [0.1, 0.15) is 0 Å². The Bertz CT molecular complexity index is 325. The van der Waals surface area contributed by atoms with Crippen LogP contribution in [0.15, 0.2) is 29.2 Å². The first-order chi connectivity index (χ1) is 7.79. The molecule has 3 heteroatoms. The Hall–Kier alpha value is -0.180. The lowest BCUT2D eigenvalue weighted by atomic mass is 10.2. The standard InChI is InChI=1S/C13H18ClNS/c1-2-15-12-4-3-5-13(12)16-11-8-6-10(14)7-9-11/h6-9,12-13,15H,2-5H2,1H3. The van der Waals surface area contributed by atoms with Gasteiger partial charge < -0.3 is 5.32 Å². The Morgan fingerprint density at radius 1 is 1.31 bits per heavy atom. The van der Waals surface area contributed by atoms with Crippen LogP contribution in [-0.4, -0.2) is 17.8 Å². The zero-order chi connectivity index (χ0) is 11.4. The molecule has 0 bridgehead atoms. The maximum atomic E-state index is 5.89. The molecule has 0 amide bonds. The van der Waals surface area contributed by atoms with Gasteiger partial charge in [0.05, 0.1) is 0 Å². The number of benzene rings is 1. The molecule has 1 aliphatic carbocycles. The summed E-state index contributed by atoms with van der Waals surface area (Å²) in [4.78, 5) is 1.33. The van der Waals surface area contributed by atoms with E-state index in [1.54, 1.807) is 0 Å². The fraction of sp³-hybridized carbons (Fsp3) is 0.538. The molecule has 2 rings (SSSR count). The summed E-state index contributed by atoms with van der Waals surface area (Å²) in [6.45, 7) is 3.25. The summed E-state index contributed by atoms with van der Waals surface area (Å²) in [6.07, 6.45) is 3.99. The van der Waals surface area contributed by atoms with Gasteiger partial charge in [-0.25, -0.2) is 0 Å². The molecular formula is C13H18ClNS. The van der Waals surface area contributed by atoms with E-state index in [1.165, 1.54) is 24.2 Å². The minimum atomic E-state index is 0.686. The smallest absolute Gasteiger partial charge is 0.0406 e. The van der Waals surface area contributed by atoms with Crippen LogP contribution < -0.4 is 5.32 Å². The fourth-order valence-electron chi connectivity index (χ4n) is 2.25. The number of hydrogen-bond acceptors (Lipinski definition) is 2. The van der Waals surface area contributed by atoms with E-state index in [4.69, 9.17) is 11.6 Å². The zero-order valence-electron chi connectivity index (χ0n) is 9.58. The molecule has 2 unspecified atom stereocenters. The molecule has 0 spiro atoms. The van der Waals surface area contributed by atoms with Crippen molar-refractivity contribution >= 4 is 23.4 Å². The van der Waals surface area contributed by atoms with Crippen molar-refractivity contribution in [1.82, 2.24) is 5.32 Å². The predicted octanol–water partition coefficient (Wildman–Crippen LogP) is 3.96. The molecule has 2 atom stereocenters. The summed E-state index contributed by atoms with van der Waals surface area (Å²) in [5.41, 5.74) is 0. The van der Waals surface area contributed by atoms with E-state index in [1.807, 2.05) is 23.9 Å². The van der Waals surface area contributed by atoms with Crippen molar-refractivity contribution in [2.45, 2.75) is 42.4 Å². The molecule has 1 saturated carbocycles. The molecule has 0 aliphatic heterocycles. The van der Waals surface area contributed by atoms with E-state index >= 15 is 0 Å². The highest BCUT2D eigenvalue weighted by molar-refractivity contribution is 8.00. The van der Waals surface area contributed by atoms with Gasteiger partial charge in [-0.15, -0.1) is 11.8 Å². The van der Waals surface area contributed by atoms with Crippen molar-refractivity contribution in [3.05, 3.63) is 29.3 Å². The quantitative estimate of drug-likeness (QED) is 0.874. The minimum absolute atomic E-state index is 0.686. The second-order valence-electron chi connectivity index (χ2n) is 4.21. The molecule has 16 heavy (non-hydrogen) atoms. The zero-order valence-corrected chi connectivity index (χ0v) is 11.2. The molecule has 1 fully saturated rings. The molecule has 0 aromatic heterocycles. The van der Waals surface area contributed by atoms with Gasteiger partial charge in [0.15, 0.2) is 0 Å². The van der Waals surface area contributed by atoms with Crippen LogP contribution in [-0.2, 0) is 0 Å². The van der Waals surface area contributed by atoms with Crippen molar-refractivity contribution in [1.29, 1.82) is 0 Å².